The summed E-state index contributed by atoms with van der Waals surface area (Å²) in [5.41, 5.74) is 2.70. The fourth-order valence-electron chi connectivity index (χ4n) is 3.63. The van der Waals surface area contributed by atoms with Crippen LogP contribution in [-0.2, 0) is 0 Å². The van der Waals surface area contributed by atoms with Crippen LogP contribution in [0.3, 0.4) is 0 Å². The number of ether oxygens (including phenoxy) is 1. The molecule has 0 unspecified atom stereocenters. The fraction of sp³-hybridized carbons (Fsp3) is 0.238. The molecule has 1 aromatic heterocycles. The number of rotatable bonds is 5. The van der Waals surface area contributed by atoms with E-state index < -0.39 is 4.92 Å². The quantitative estimate of drug-likeness (QED) is 0.515. The van der Waals surface area contributed by atoms with Crippen molar-refractivity contribution in [2.75, 3.05) is 38.2 Å². The molecule has 1 amide bonds. The number of benzene rings is 2. The number of non-ortho nitro benzene ring substituents is 1. The third kappa shape index (κ3) is 3.69. The van der Waals surface area contributed by atoms with E-state index in [1.165, 1.54) is 18.3 Å². The molecule has 0 radical (unpaired) electrons. The molecule has 0 atom stereocenters. The third-order valence-corrected chi connectivity index (χ3v) is 5.23. The average Bonchev–Trinajstić information content (AvgIpc) is 3.28. The number of aromatic nitrogens is 2. The van der Waals surface area contributed by atoms with Gasteiger partial charge >= 0.3 is 0 Å². The van der Waals surface area contributed by atoms with Gasteiger partial charge in [0.05, 0.1) is 35.2 Å². The van der Waals surface area contributed by atoms with Crippen molar-refractivity contribution in [2.45, 2.75) is 0 Å². The Hall–Kier alpha value is -3.88. The van der Waals surface area contributed by atoms with Crippen molar-refractivity contribution < 1.29 is 14.5 Å². The number of methoxy groups -OCH3 is 1. The maximum Gasteiger partial charge on any atom is 0.269 e. The van der Waals surface area contributed by atoms with E-state index in [1.54, 1.807) is 24.1 Å². The first-order valence-electron chi connectivity index (χ1n) is 9.54. The van der Waals surface area contributed by atoms with E-state index >= 15 is 0 Å². The second-order valence-corrected chi connectivity index (χ2v) is 6.91. The van der Waals surface area contributed by atoms with Gasteiger partial charge < -0.3 is 14.5 Å². The Morgan fingerprint density at radius 2 is 1.80 bits per heavy atom. The van der Waals surface area contributed by atoms with Gasteiger partial charge in [0.25, 0.3) is 11.6 Å². The van der Waals surface area contributed by atoms with Crippen LogP contribution in [0.4, 0.5) is 11.4 Å². The molecular weight excluding hydrogens is 386 g/mol. The summed E-state index contributed by atoms with van der Waals surface area (Å²) < 4.78 is 5.44. The Labute approximate surface area is 173 Å². The molecule has 4 rings (SSSR count). The molecule has 1 saturated heterocycles. The van der Waals surface area contributed by atoms with Crippen LogP contribution in [0.25, 0.3) is 11.3 Å². The van der Waals surface area contributed by atoms with E-state index in [4.69, 9.17) is 4.74 Å². The van der Waals surface area contributed by atoms with Crippen LogP contribution in [0.15, 0.2) is 54.7 Å². The van der Waals surface area contributed by atoms with Gasteiger partial charge in [-0.15, -0.1) is 0 Å². The second-order valence-electron chi connectivity index (χ2n) is 6.91. The standard InChI is InChI=1S/C21H21N5O4/c1-30-19-5-3-2-4-18(19)24-10-12-25(13-11-24)21(27)17-14-22-23-20(17)15-6-8-16(9-7-15)26(28)29/h2-9,14H,10-13H2,1H3,(H,22,23). The van der Waals surface area contributed by atoms with Crippen molar-refractivity contribution in [1.82, 2.24) is 15.1 Å². The fourth-order valence-corrected chi connectivity index (χ4v) is 3.63. The van der Waals surface area contributed by atoms with Crippen LogP contribution in [0.2, 0.25) is 0 Å². The Bertz CT molecular complexity index is 1060. The molecule has 2 aromatic carbocycles. The van der Waals surface area contributed by atoms with E-state index in [2.05, 4.69) is 15.1 Å². The highest BCUT2D eigenvalue weighted by molar-refractivity contribution is 6.00. The minimum atomic E-state index is -0.454. The SMILES string of the molecule is COc1ccccc1N1CCN(C(=O)c2cn[nH]c2-c2ccc([N+](=O)[O-])cc2)CC1. The molecule has 0 aliphatic carbocycles. The van der Waals surface area contributed by atoms with Gasteiger partial charge in [-0.3, -0.25) is 20.0 Å². The molecule has 3 aromatic rings. The highest BCUT2D eigenvalue weighted by Crippen LogP contribution is 2.29. The molecule has 30 heavy (non-hydrogen) atoms. The van der Waals surface area contributed by atoms with Gasteiger partial charge in [0.2, 0.25) is 0 Å². The molecule has 0 saturated carbocycles. The Morgan fingerprint density at radius 1 is 1.10 bits per heavy atom. The summed E-state index contributed by atoms with van der Waals surface area (Å²) in [5, 5.41) is 17.7. The number of carbonyl (C=O) groups excluding carboxylic acids is 1. The van der Waals surface area contributed by atoms with E-state index in [9.17, 15) is 14.9 Å². The van der Waals surface area contributed by atoms with Crippen LogP contribution in [0.5, 0.6) is 5.75 Å². The van der Waals surface area contributed by atoms with Crippen LogP contribution in [-0.4, -0.2) is 59.2 Å². The molecule has 0 bridgehead atoms. The number of nitrogens with zero attached hydrogens (tertiary/aromatic N) is 4. The molecule has 9 heteroatoms. The van der Waals surface area contributed by atoms with Gasteiger partial charge in [-0.1, -0.05) is 12.1 Å². The zero-order valence-electron chi connectivity index (χ0n) is 16.4. The number of hydrogen-bond acceptors (Lipinski definition) is 6. The lowest BCUT2D eigenvalue weighted by molar-refractivity contribution is -0.384. The summed E-state index contributed by atoms with van der Waals surface area (Å²) in [4.78, 5) is 27.5. The zero-order chi connectivity index (χ0) is 21.1. The molecule has 9 nitrogen and oxygen atoms in total. The van der Waals surface area contributed by atoms with Crippen LogP contribution in [0.1, 0.15) is 10.4 Å². The normalized spacial score (nSPS) is 13.9. The van der Waals surface area contributed by atoms with Crippen molar-refractivity contribution >= 4 is 17.3 Å². The van der Waals surface area contributed by atoms with Gasteiger partial charge in [-0.2, -0.15) is 5.10 Å². The highest BCUT2D eigenvalue weighted by Gasteiger charge is 2.26. The Morgan fingerprint density at radius 3 is 2.47 bits per heavy atom. The number of hydrogen-bond donors (Lipinski definition) is 1. The van der Waals surface area contributed by atoms with Crippen molar-refractivity contribution in [1.29, 1.82) is 0 Å². The summed E-state index contributed by atoms with van der Waals surface area (Å²) >= 11 is 0. The van der Waals surface area contributed by atoms with Crippen LogP contribution >= 0.6 is 0 Å². The van der Waals surface area contributed by atoms with Gasteiger partial charge in [0.15, 0.2) is 0 Å². The van der Waals surface area contributed by atoms with Gasteiger partial charge in [0.1, 0.15) is 5.75 Å². The molecule has 1 N–H and O–H groups in total. The van der Waals surface area contributed by atoms with E-state index in [-0.39, 0.29) is 11.6 Å². The predicted octanol–water partition coefficient (Wildman–Crippen LogP) is 2.96. The molecule has 1 aliphatic rings. The summed E-state index contributed by atoms with van der Waals surface area (Å²) in [6.07, 6.45) is 1.51. The summed E-state index contributed by atoms with van der Waals surface area (Å²) in [5.74, 6) is 0.698. The first kappa shape index (κ1) is 19.4. The zero-order valence-corrected chi connectivity index (χ0v) is 16.4. The molecule has 154 valence electrons. The Balaban J connectivity index is 1.48. The molecule has 0 spiro atoms. The highest BCUT2D eigenvalue weighted by atomic mass is 16.6. The lowest BCUT2D eigenvalue weighted by Gasteiger charge is -2.36. The largest absolute Gasteiger partial charge is 0.495 e. The minimum Gasteiger partial charge on any atom is -0.495 e. The van der Waals surface area contributed by atoms with Crippen molar-refractivity contribution in [3.05, 3.63) is 70.4 Å². The predicted molar refractivity (Wildman–Crippen MR) is 112 cm³/mol. The van der Waals surface area contributed by atoms with Crippen molar-refractivity contribution in [3.63, 3.8) is 0 Å². The number of carbonyl (C=O) groups is 1. The number of anilines is 1. The van der Waals surface area contributed by atoms with Crippen LogP contribution in [0, 0.1) is 10.1 Å². The third-order valence-electron chi connectivity index (χ3n) is 5.23. The monoisotopic (exact) mass is 407 g/mol. The number of H-pyrrole nitrogens is 1. The first-order chi connectivity index (χ1) is 14.6. The first-order valence-corrected chi connectivity index (χ1v) is 9.54. The number of amides is 1. The number of para-hydroxylation sites is 2. The van der Waals surface area contributed by atoms with Crippen LogP contribution < -0.4 is 9.64 Å². The number of nitrogens with one attached hydrogen (secondary N) is 1. The molecule has 1 aliphatic heterocycles. The molecule has 2 heterocycles. The maximum atomic E-state index is 13.1. The van der Waals surface area contributed by atoms with Gasteiger partial charge in [-0.25, -0.2) is 0 Å². The van der Waals surface area contributed by atoms with Crippen molar-refractivity contribution in [3.8, 4) is 17.0 Å². The van der Waals surface area contributed by atoms with E-state index in [0.29, 0.717) is 43.0 Å². The van der Waals surface area contributed by atoms with Crippen molar-refractivity contribution in [2.24, 2.45) is 0 Å². The smallest absolute Gasteiger partial charge is 0.269 e. The number of aromatic amines is 1. The van der Waals surface area contributed by atoms with E-state index in [0.717, 1.165) is 11.4 Å². The average molecular weight is 407 g/mol. The number of nitro groups is 1. The summed E-state index contributed by atoms with van der Waals surface area (Å²) in [6.45, 7) is 2.52. The summed E-state index contributed by atoms with van der Waals surface area (Å²) in [7, 11) is 1.65. The second kappa shape index (κ2) is 8.24. The summed E-state index contributed by atoms with van der Waals surface area (Å²) in [6, 6.07) is 13.9. The number of nitro benzene ring substituents is 1. The van der Waals surface area contributed by atoms with Gasteiger partial charge in [0, 0.05) is 43.9 Å². The lowest BCUT2D eigenvalue weighted by Crippen LogP contribution is -2.48. The molecular formula is C21H21N5O4. The molecule has 1 fully saturated rings. The number of piperazine rings is 1. The minimum absolute atomic E-state index is 0.00129. The van der Waals surface area contributed by atoms with Gasteiger partial charge in [-0.05, 0) is 24.3 Å². The topological polar surface area (TPSA) is 105 Å². The lowest BCUT2D eigenvalue weighted by atomic mass is 10.1. The Kier molecular flexibility index (Phi) is 5.34. The van der Waals surface area contributed by atoms with E-state index in [1.807, 2.05) is 24.3 Å². The maximum absolute atomic E-state index is 13.1.